The molecule has 1 saturated carbocycles. The molecule has 0 saturated heterocycles. The van der Waals surface area contributed by atoms with Gasteiger partial charge in [0.1, 0.15) is 5.56 Å². The highest BCUT2D eigenvalue weighted by Crippen LogP contribution is 2.33. The zero-order chi connectivity index (χ0) is 18.9. The monoisotopic (exact) mass is 395 g/mol. The second kappa shape index (κ2) is 8.57. The van der Waals surface area contributed by atoms with Crippen molar-refractivity contribution in [2.45, 2.75) is 64.8 Å². The zero-order valence-electron chi connectivity index (χ0n) is 16.1. The number of carbonyl (C=O) groups excluding carboxylic acids is 2. The van der Waals surface area contributed by atoms with Gasteiger partial charge >= 0.3 is 0 Å². The summed E-state index contributed by atoms with van der Waals surface area (Å²) in [6.07, 6.45) is 6.68. The lowest BCUT2D eigenvalue weighted by molar-refractivity contribution is 0.0909. The first-order chi connectivity index (χ1) is 12.3. The minimum Gasteiger partial charge on any atom is -0.348 e. The molecule has 1 atom stereocenters. The number of fused-ring (bicyclic) bond motifs is 1. The second-order valence-electron chi connectivity index (χ2n) is 8.56. The van der Waals surface area contributed by atoms with Crippen LogP contribution < -0.4 is 16.6 Å². The van der Waals surface area contributed by atoms with Gasteiger partial charge in [-0.05, 0) is 36.7 Å². The van der Waals surface area contributed by atoms with Gasteiger partial charge in [0.2, 0.25) is 0 Å². The Morgan fingerprint density at radius 2 is 1.93 bits per heavy atom. The number of hydrogen-bond donors (Lipinski definition) is 3. The molecule has 0 aliphatic heterocycles. The number of hydrogen-bond acceptors (Lipinski definition) is 4. The van der Waals surface area contributed by atoms with Crippen molar-refractivity contribution in [3.05, 3.63) is 33.2 Å². The van der Waals surface area contributed by atoms with Gasteiger partial charge in [-0.2, -0.15) is 0 Å². The predicted octanol–water partition coefficient (Wildman–Crippen LogP) is 2.59. The fourth-order valence-electron chi connectivity index (χ4n) is 4.35. The van der Waals surface area contributed by atoms with E-state index in [2.05, 4.69) is 10.3 Å². The first kappa shape index (κ1) is 21.6. The third-order valence-corrected chi connectivity index (χ3v) is 5.75. The van der Waals surface area contributed by atoms with Crippen molar-refractivity contribution in [2.24, 2.45) is 17.1 Å². The van der Waals surface area contributed by atoms with E-state index in [0.29, 0.717) is 36.6 Å². The lowest BCUT2D eigenvalue weighted by Gasteiger charge is -2.31. The number of Topliss-reactive ketones (excluding diaryl/α,β-unsaturated/α-hetero) is 1. The summed E-state index contributed by atoms with van der Waals surface area (Å²) in [5.74, 6) is -0.103. The van der Waals surface area contributed by atoms with Crippen LogP contribution >= 0.6 is 12.4 Å². The van der Waals surface area contributed by atoms with E-state index >= 15 is 0 Å². The van der Waals surface area contributed by atoms with Crippen LogP contribution in [0.3, 0.4) is 0 Å². The summed E-state index contributed by atoms with van der Waals surface area (Å²) in [6, 6.07) is 1.34. The third kappa shape index (κ3) is 4.79. The van der Waals surface area contributed by atoms with E-state index in [1.807, 2.05) is 13.8 Å². The molecule has 150 valence electrons. The summed E-state index contributed by atoms with van der Waals surface area (Å²) in [5.41, 5.74) is 6.37. The number of pyridine rings is 1. The molecule has 1 heterocycles. The summed E-state index contributed by atoms with van der Waals surface area (Å²) in [6.45, 7) is 4.36. The quantitative estimate of drug-likeness (QED) is 0.728. The first-order valence-electron chi connectivity index (χ1n) is 9.61. The standard InChI is InChI=1S/C20H29N3O3.ClH/c1-20(2)9-15-13(17(24)10-20)8-14(18(25)22-15)19(26)23-16(11-21)12-6-4-3-5-7-12;/h8,12,16H,3-7,9-11,21H2,1-2H3,(H,22,25)(H,23,26);1H. The molecule has 3 rings (SSSR count). The number of nitrogens with two attached hydrogens (primary N) is 1. The van der Waals surface area contributed by atoms with Crippen LogP contribution in [0, 0.1) is 11.3 Å². The van der Waals surface area contributed by atoms with E-state index in [4.69, 9.17) is 5.73 Å². The number of rotatable bonds is 4. The largest absolute Gasteiger partial charge is 0.348 e. The number of aromatic amines is 1. The summed E-state index contributed by atoms with van der Waals surface area (Å²) in [4.78, 5) is 40.3. The highest BCUT2D eigenvalue weighted by atomic mass is 35.5. The number of nitrogens with one attached hydrogen (secondary N) is 2. The number of amides is 1. The number of aromatic nitrogens is 1. The van der Waals surface area contributed by atoms with Crippen molar-refractivity contribution in [3.8, 4) is 0 Å². The minimum atomic E-state index is -0.439. The smallest absolute Gasteiger partial charge is 0.261 e. The van der Waals surface area contributed by atoms with Crippen LogP contribution in [0.25, 0.3) is 0 Å². The Morgan fingerprint density at radius 3 is 2.56 bits per heavy atom. The van der Waals surface area contributed by atoms with Gasteiger partial charge in [0.25, 0.3) is 11.5 Å². The Bertz CT molecular complexity index is 766. The van der Waals surface area contributed by atoms with Crippen LogP contribution in [0.1, 0.15) is 78.8 Å². The molecule has 4 N–H and O–H groups in total. The molecular weight excluding hydrogens is 366 g/mol. The maximum atomic E-state index is 12.7. The van der Waals surface area contributed by atoms with Crippen molar-refractivity contribution < 1.29 is 9.59 Å². The van der Waals surface area contributed by atoms with Crippen LogP contribution in [-0.4, -0.2) is 29.3 Å². The Morgan fingerprint density at radius 1 is 1.26 bits per heavy atom. The zero-order valence-corrected chi connectivity index (χ0v) is 16.9. The highest BCUT2D eigenvalue weighted by molar-refractivity contribution is 6.02. The van der Waals surface area contributed by atoms with Gasteiger partial charge in [-0.15, -0.1) is 12.4 Å². The van der Waals surface area contributed by atoms with E-state index < -0.39 is 11.5 Å². The van der Waals surface area contributed by atoms with Gasteiger partial charge in [-0.1, -0.05) is 33.1 Å². The summed E-state index contributed by atoms with van der Waals surface area (Å²) >= 11 is 0. The van der Waals surface area contributed by atoms with Gasteiger partial charge in [-0.25, -0.2) is 0 Å². The van der Waals surface area contributed by atoms with Gasteiger partial charge < -0.3 is 16.0 Å². The molecule has 1 unspecified atom stereocenters. The van der Waals surface area contributed by atoms with E-state index in [-0.39, 0.29) is 35.2 Å². The van der Waals surface area contributed by atoms with Crippen molar-refractivity contribution in [1.82, 2.24) is 10.3 Å². The van der Waals surface area contributed by atoms with Crippen molar-refractivity contribution in [1.29, 1.82) is 0 Å². The van der Waals surface area contributed by atoms with E-state index in [1.54, 1.807) is 0 Å². The Hall–Kier alpha value is -1.66. The average Bonchev–Trinajstić information content (AvgIpc) is 2.58. The van der Waals surface area contributed by atoms with E-state index in [0.717, 1.165) is 25.7 Å². The van der Waals surface area contributed by atoms with Crippen LogP contribution in [0.4, 0.5) is 0 Å². The maximum absolute atomic E-state index is 12.7. The molecule has 7 heteroatoms. The van der Waals surface area contributed by atoms with Gasteiger partial charge in [0.05, 0.1) is 0 Å². The summed E-state index contributed by atoms with van der Waals surface area (Å²) < 4.78 is 0. The Kier molecular flexibility index (Phi) is 6.87. The van der Waals surface area contributed by atoms with Crippen LogP contribution in [0.5, 0.6) is 0 Å². The number of halogens is 1. The first-order valence-corrected chi connectivity index (χ1v) is 9.61. The fourth-order valence-corrected chi connectivity index (χ4v) is 4.35. The second-order valence-corrected chi connectivity index (χ2v) is 8.56. The molecule has 1 fully saturated rings. The third-order valence-electron chi connectivity index (χ3n) is 5.75. The topological polar surface area (TPSA) is 105 Å². The van der Waals surface area contributed by atoms with Crippen LogP contribution in [0.2, 0.25) is 0 Å². The number of carbonyl (C=O) groups is 2. The lowest BCUT2D eigenvalue weighted by Crippen LogP contribution is -2.47. The van der Waals surface area contributed by atoms with Gasteiger partial charge in [0, 0.05) is 30.3 Å². The molecule has 6 nitrogen and oxygen atoms in total. The number of H-pyrrole nitrogens is 1. The van der Waals surface area contributed by atoms with Gasteiger partial charge in [-0.3, -0.25) is 14.4 Å². The molecule has 0 aromatic carbocycles. The minimum absolute atomic E-state index is 0. The highest BCUT2D eigenvalue weighted by Gasteiger charge is 2.33. The molecule has 0 radical (unpaired) electrons. The predicted molar refractivity (Wildman–Crippen MR) is 108 cm³/mol. The SMILES string of the molecule is CC1(C)CC(=O)c2cc(C(=O)NC(CN)C3CCCCC3)c(=O)[nH]c2C1.Cl. The van der Waals surface area contributed by atoms with Crippen molar-refractivity contribution in [3.63, 3.8) is 0 Å². The lowest BCUT2D eigenvalue weighted by atomic mass is 9.75. The average molecular weight is 396 g/mol. The summed E-state index contributed by atoms with van der Waals surface area (Å²) in [7, 11) is 0. The molecule has 2 aliphatic rings. The van der Waals surface area contributed by atoms with Crippen molar-refractivity contribution >= 4 is 24.1 Å². The molecule has 1 aromatic rings. The summed E-state index contributed by atoms with van der Waals surface area (Å²) in [5, 5.41) is 2.94. The molecule has 27 heavy (non-hydrogen) atoms. The molecule has 1 aromatic heterocycles. The molecule has 1 amide bonds. The molecule has 2 aliphatic carbocycles. The van der Waals surface area contributed by atoms with Crippen LogP contribution in [0.15, 0.2) is 10.9 Å². The van der Waals surface area contributed by atoms with E-state index in [1.165, 1.54) is 12.5 Å². The molecular formula is C20H30ClN3O3. The van der Waals surface area contributed by atoms with E-state index in [9.17, 15) is 14.4 Å². The fraction of sp³-hybridized carbons (Fsp3) is 0.650. The normalized spacial score (nSPS) is 20.3. The molecule has 0 spiro atoms. The maximum Gasteiger partial charge on any atom is 0.261 e. The molecule has 0 bridgehead atoms. The van der Waals surface area contributed by atoms with Crippen LogP contribution in [-0.2, 0) is 6.42 Å². The Labute approximate surface area is 166 Å². The van der Waals surface area contributed by atoms with Gasteiger partial charge in [0.15, 0.2) is 5.78 Å². The number of ketones is 1. The van der Waals surface area contributed by atoms with Crippen molar-refractivity contribution in [2.75, 3.05) is 6.54 Å². The Balaban J connectivity index is 0.00000261.